The summed E-state index contributed by atoms with van der Waals surface area (Å²) in [6.07, 6.45) is 7.42. The number of aryl methyl sites for hydroxylation is 2. The highest BCUT2D eigenvalue weighted by Gasteiger charge is 2.18. The van der Waals surface area contributed by atoms with Crippen molar-refractivity contribution < 1.29 is 13.2 Å². The van der Waals surface area contributed by atoms with Gasteiger partial charge < -0.3 is 11.5 Å². The number of rotatable bonds is 6. The Morgan fingerprint density at radius 3 is 2.43 bits per heavy atom. The maximum Gasteiger partial charge on any atom is 0.280 e. The summed E-state index contributed by atoms with van der Waals surface area (Å²) < 4.78 is 24.1. The van der Waals surface area contributed by atoms with E-state index in [1.807, 2.05) is 19.1 Å². The Balaban J connectivity index is 3.33. The number of sulfone groups is 1. The van der Waals surface area contributed by atoms with Crippen LogP contribution in [0.25, 0.3) is 0 Å². The van der Waals surface area contributed by atoms with Crippen molar-refractivity contribution in [3.8, 4) is 0 Å². The molecule has 0 atom stereocenters. The van der Waals surface area contributed by atoms with Crippen LogP contribution in [0, 0.1) is 6.92 Å². The second-order valence-corrected chi connectivity index (χ2v) is 7.29. The molecule has 0 unspecified atom stereocenters. The quantitative estimate of drug-likeness (QED) is 0.466. The van der Waals surface area contributed by atoms with Gasteiger partial charge in [0, 0.05) is 11.8 Å². The summed E-state index contributed by atoms with van der Waals surface area (Å²) in [5.74, 6) is -1.01. The van der Waals surface area contributed by atoms with Crippen LogP contribution in [0.2, 0.25) is 0 Å². The molecule has 0 saturated carbocycles. The highest BCUT2D eigenvalue weighted by atomic mass is 32.2. The van der Waals surface area contributed by atoms with E-state index < -0.39 is 15.7 Å². The van der Waals surface area contributed by atoms with Crippen molar-refractivity contribution in [3.05, 3.63) is 41.0 Å². The van der Waals surface area contributed by atoms with Gasteiger partial charge in [0.15, 0.2) is 15.8 Å². The van der Waals surface area contributed by atoms with Crippen LogP contribution in [0.15, 0.2) is 34.2 Å². The van der Waals surface area contributed by atoms with Crippen LogP contribution < -0.4 is 11.5 Å². The fourth-order valence-corrected chi connectivity index (χ4v) is 3.19. The van der Waals surface area contributed by atoms with Gasteiger partial charge in [-0.15, -0.1) is 0 Å². The standard InChI is InChI=1S/C16H23N3O3S/c1-4-5-6-7-8-12-9-11(2)13(15(20)19-16(17)18)10-14(12)23(3,21)22/h5-6,9-10H,4,7-8H2,1-3H3,(H4,17,18,19,20). The molecule has 4 N–H and O–H groups in total. The third-order valence-corrected chi connectivity index (χ3v) is 4.43. The first kappa shape index (κ1) is 18.9. The first-order chi connectivity index (χ1) is 10.7. The van der Waals surface area contributed by atoms with Crippen molar-refractivity contribution in [1.29, 1.82) is 0 Å². The summed E-state index contributed by atoms with van der Waals surface area (Å²) in [7, 11) is -3.46. The lowest BCUT2D eigenvalue weighted by atomic mass is 10.0. The second kappa shape index (κ2) is 7.92. The first-order valence-electron chi connectivity index (χ1n) is 7.29. The number of aliphatic imine (C=N–C) groups is 1. The summed E-state index contributed by atoms with van der Waals surface area (Å²) >= 11 is 0. The maximum atomic E-state index is 12.0. The van der Waals surface area contributed by atoms with E-state index in [4.69, 9.17) is 11.5 Å². The highest BCUT2D eigenvalue weighted by Crippen LogP contribution is 2.23. The average molecular weight is 337 g/mol. The van der Waals surface area contributed by atoms with Gasteiger partial charge in [-0.3, -0.25) is 4.79 Å². The second-order valence-electron chi connectivity index (χ2n) is 5.31. The Bertz CT molecular complexity index is 746. The molecule has 7 heteroatoms. The molecule has 126 valence electrons. The van der Waals surface area contributed by atoms with E-state index in [9.17, 15) is 13.2 Å². The van der Waals surface area contributed by atoms with E-state index >= 15 is 0 Å². The van der Waals surface area contributed by atoms with Crippen molar-refractivity contribution in [3.63, 3.8) is 0 Å². The number of nitrogens with zero attached hydrogens (tertiary/aromatic N) is 1. The van der Waals surface area contributed by atoms with Crippen LogP contribution >= 0.6 is 0 Å². The predicted octanol–water partition coefficient (Wildman–Crippen LogP) is 1.71. The molecule has 6 nitrogen and oxygen atoms in total. The van der Waals surface area contributed by atoms with Gasteiger partial charge in [-0.1, -0.05) is 25.1 Å². The molecule has 1 amide bonds. The molecule has 1 aromatic carbocycles. The molecule has 0 saturated heterocycles. The van der Waals surface area contributed by atoms with Crippen molar-refractivity contribution in [2.75, 3.05) is 6.26 Å². The molecule has 0 fully saturated rings. The summed E-state index contributed by atoms with van der Waals surface area (Å²) in [6.45, 7) is 3.76. The van der Waals surface area contributed by atoms with Crippen LogP contribution in [0.4, 0.5) is 0 Å². The number of allylic oxidation sites excluding steroid dienone is 2. The van der Waals surface area contributed by atoms with E-state index in [1.54, 1.807) is 13.0 Å². The Morgan fingerprint density at radius 2 is 1.91 bits per heavy atom. The maximum absolute atomic E-state index is 12.0. The van der Waals surface area contributed by atoms with Crippen molar-refractivity contribution in [2.45, 2.75) is 38.0 Å². The van der Waals surface area contributed by atoms with Gasteiger partial charge in [0.1, 0.15) is 0 Å². The molecule has 0 bridgehead atoms. The fourth-order valence-electron chi connectivity index (χ4n) is 2.22. The minimum atomic E-state index is -3.46. The minimum Gasteiger partial charge on any atom is -0.370 e. The number of nitrogens with two attached hydrogens (primary N) is 2. The number of carbonyl (C=O) groups is 1. The van der Waals surface area contributed by atoms with Gasteiger partial charge in [-0.25, -0.2) is 8.42 Å². The smallest absolute Gasteiger partial charge is 0.280 e. The molecule has 0 aliphatic rings. The van der Waals surface area contributed by atoms with Crippen LogP contribution in [-0.4, -0.2) is 26.5 Å². The zero-order valence-corrected chi connectivity index (χ0v) is 14.5. The van der Waals surface area contributed by atoms with Crippen LogP contribution in [0.1, 0.15) is 41.3 Å². The number of carbonyl (C=O) groups excluding carboxylic acids is 1. The number of guanidine groups is 1. The topological polar surface area (TPSA) is 116 Å². The van der Waals surface area contributed by atoms with Crippen LogP contribution in [-0.2, 0) is 16.3 Å². The zero-order chi connectivity index (χ0) is 17.6. The van der Waals surface area contributed by atoms with Gasteiger partial charge in [0.05, 0.1) is 4.90 Å². The molecule has 0 radical (unpaired) electrons. The van der Waals surface area contributed by atoms with Crippen LogP contribution in [0.3, 0.4) is 0 Å². The van der Waals surface area contributed by atoms with Gasteiger partial charge in [0.25, 0.3) is 5.91 Å². The summed E-state index contributed by atoms with van der Waals surface area (Å²) in [6, 6.07) is 3.07. The number of benzene rings is 1. The molecule has 23 heavy (non-hydrogen) atoms. The SMILES string of the molecule is CCC=CCCc1cc(C)c(C(=O)N=C(N)N)cc1S(C)(=O)=O. The fraction of sp³-hybridized carbons (Fsp3) is 0.375. The number of amides is 1. The highest BCUT2D eigenvalue weighted by molar-refractivity contribution is 7.90. The van der Waals surface area contributed by atoms with Gasteiger partial charge in [-0.05, 0) is 43.4 Å². The minimum absolute atomic E-state index is 0.141. The van der Waals surface area contributed by atoms with Gasteiger partial charge in [0.2, 0.25) is 0 Å². The van der Waals surface area contributed by atoms with Gasteiger partial charge in [-0.2, -0.15) is 4.99 Å². The summed E-state index contributed by atoms with van der Waals surface area (Å²) in [5, 5.41) is 0. The monoisotopic (exact) mass is 337 g/mol. The van der Waals surface area contributed by atoms with E-state index in [0.717, 1.165) is 19.1 Å². The zero-order valence-electron chi connectivity index (χ0n) is 13.7. The largest absolute Gasteiger partial charge is 0.370 e. The molecular weight excluding hydrogens is 314 g/mol. The Kier molecular flexibility index (Phi) is 6.50. The summed E-state index contributed by atoms with van der Waals surface area (Å²) in [5.41, 5.74) is 11.9. The molecule has 1 aromatic rings. The molecule has 0 spiro atoms. The third kappa shape index (κ3) is 5.52. The third-order valence-electron chi connectivity index (χ3n) is 3.25. The lowest BCUT2D eigenvalue weighted by Gasteiger charge is -2.11. The normalized spacial score (nSPS) is 11.6. The van der Waals surface area contributed by atoms with E-state index in [1.165, 1.54) is 6.07 Å². The van der Waals surface area contributed by atoms with Gasteiger partial charge >= 0.3 is 0 Å². The van der Waals surface area contributed by atoms with Crippen LogP contribution in [0.5, 0.6) is 0 Å². The molecule has 0 heterocycles. The Morgan fingerprint density at radius 1 is 1.26 bits per heavy atom. The molecule has 0 aromatic heterocycles. The molecule has 0 aliphatic carbocycles. The average Bonchev–Trinajstić information content (AvgIpc) is 2.41. The van der Waals surface area contributed by atoms with Crippen molar-refractivity contribution in [2.24, 2.45) is 16.5 Å². The Hall–Kier alpha value is -2.15. The molecule has 0 aliphatic heterocycles. The van der Waals surface area contributed by atoms with Crippen molar-refractivity contribution in [1.82, 2.24) is 0 Å². The Labute approximate surface area is 137 Å². The predicted molar refractivity (Wildman–Crippen MR) is 92.2 cm³/mol. The van der Waals surface area contributed by atoms with E-state index in [-0.39, 0.29) is 16.4 Å². The lowest BCUT2D eigenvalue weighted by molar-refractivity contribution is 0.100. The first-order valence-corrected chi connectivity index (χ1v) is 9.18. The van der Waals surface area contributed by atoms with E-state index in [0.29, 0.717) is 17.5 Å². The molecule has 1 rings (SSSR count). The van der Waals surface area contributed by atoms with E-state index in [2.05, 4.69) is 4.99 Å². The molecular formula is C16H23N3O3S. The lowest BCUT2D eigenvalue weighted by Crippen LogP contribution is -2.24. The van der Waals surface area contributed by atoms with Crippen molar-refractivity contribution >= 4 is 21.7 Å². The summed E-state index contributed by atoms with van der Waals surface area (Å²) in [4.78, 5) is 15.6. The number of hydrogen-bond donors (Lipinski definition) is 2. The number of hydrogen-bond acceptors (Lipinski definition) is 3.